The molecule has 1 fully saturated rings. The number of nitrogens with zero attached hydrogens (tertiary/aromatic N) is 3. The quantitative estimate of drug-likeness (QED) is 0.855. The number of carboxylic acids is 1. The lowest BCUT2D eigenvalue weighted by molar-refractivity contribution is -0.136. The van der Waals surface area contributed by atoms with Crippen molar-refractivity contribution in [1.29, 1.82) is 0 Å². The minimum Gasteiger partial charge on any atom is -0.478 e. The number of carbonyl (C=O) groups is 2. The van der Waals surface area contributed by atoms with Gasteiger partial charge in [0.2, 0.25) is 5.91 Å². The number of hydrogen-bond donors (Lipinski definition) is 1. The lowest BCUT2D eigenvalue weighted by atomic mass is 9.97. The molecule has 2 rings (SSSR count). The molecule has 1 aromatic rings. The van der Waals surface area contributed by atoms with Gasteiger partial charge in [0.25, 0.3) is 0 Å². The first-order valence-corrected chi connectivity index (χ1v) is 6.06. The lowest BCUT2D eigenvalue weighted by Gasteiger charge is -2.45. The number of anilines is 1. The van der Waals surface area contributed by atoms with Crippen molar-refractivity contribution < 1.29 is 14.7 Å². The Morgan fingerprint density at radius 3 is 2.74 bits per heavy atom. The van der Waals surface area contributed by atoms with Crippen LogP contribution in [0.2, 0.25) is 0 Å². The fraction of sp³-hybridized carbons (Fsp3) is 0.462. The number of carboxylic acid groups (broad SMARTS) is 1. The molecule has 6 nitrogen and oxygen atoms in total. The molecular weight excluding hydrogens is 246 g/mol. The van der Waals surface area contributed by atoms with Crippen molar-refractivity contribution in [2.24, 2.45) is 0 Å². The number of rotatable bonds is 2. The first-order chi connectivity index (χ1) is 8.84. The van der Waals surface area contributed by atoms with E-state index in [0.29, 0.717) is 18.9 Å². The van der Waals surface area contributed by atoms with Gasteiger partial charge < -0.3 is 14.9 Å². The number of aromatic nitrogens is 1. The zero-order chi connectivity index (χ0) is 14.2. The lowest BCUT2D eigenvalue weighted by Crippen LogP contribution is -2.62. The van der Waals surface area contributed by atoms with Crippen LogP contribution < -0.4 is 4.90 Å². The number of amides is 1. The molecule has 102 valence electrons. The van der Waals surface area contributed by atoms with E-state index in [1.165, 1.54) is 18.3 Å². The van der Waals surface area contributed by atoms with E-state index < -0.39 is 11.5 Å². The van der Waals surface area contributed by atoms with Crippen molar-refractivity contribution in [3.63, 3.8) is 0 Å². The molecule has 1 aromatic heterocycles. The largest absolute Gasteiger partial charge is 0.478 e. The molecule has 1 N–H and O–H groups in total. The second-order valence-electron chi connectivity index (χ2n) is 5.15. The van der Waals surface area contributed by atoms with Crippen LogP contribution >= 0.6 is 0 Å². The first kappa shape index (κ1) is 13.3. The van der Waals surface area contributed by atoms with Gasteiger partial charge in [-0.1, -0.05) is 0 Å². The van der Waals surface area contributed by atoms with Crippen molar-refractivity contribution in [1.82, 2.24) is 9.88 Å². The molecule has 1 aliphatic heterocycles. The summed E-state index contributed by atoms with van der Waals surface area (Å²) in [7, 11) is 1.77. The van der Waals surface area contributed by atoms with Crippen LogP contribution in [0.5, 0.6) is 0 Å². The summed E-state index contributed by atoms with van der Waals surface area (Å²) in [6.45, 7) is 4.87. The third-order valence-electron chi connectivity index (χ3n) is 3.47. The molecule has 0 atom stereocenters. The maximum Gasteiger partial charge on any atom is 0.335 e. The molecule has 0 aromatic carbocycles. The van der Waals surface area contributed by atoms with Gasteiger partial charge in [-0.15, -0.1) is 0 Å². The van der Waals surface area contributed by atoms with Crippen LogP contribution in [0, 0.1) is 0 Å². The van der Waals surface area contributed by atoms with Crippen molar-refractivity contribution >= 4 is 17.7 Å². The van der Waals surface area contributed by atoms with Crippen LogP contribution in [-0.4, -0.2) is 52.5 Å². The van der Waals surface area contributed by atoms with E-state index in [1.54, 1.807) is 11.9 Å². The molecule has 0 aliphatic carbocycles. The fourth-order valence-corrected chi connectivity index (χ4v) is 2.31. The second kappa shape index (κ2) is 4.53. The number of carbonyl (C=O) groups excluding carboxylic acids is 1. The molecule has 2 heterocycles. The summed E-state index contributed by atoms with van der Waals surface area (Å²) in [5.41, 5.74) is -0.552. The Hall–Kier alpha value is -2.11. The molecule has 1 aliphatic rings. The van der Waals surface area contributed by atoms with E-state index in [0.717, 1.165) is 0 Å². The molecule has 0 bridgehead atoms. The molecular formula is C13H17N3O3. The summed E-state index contributed by atoms with van der Waals surface area (Å²) < 4.78 is 0. The molecule has 1 saturated heterocycles. The maximum absolute atomic E-state index is 12.2. The van der Waals surface area contributed by atoms with Crippen LogP contribution in [-0.2, 0) is 4.79 Å². The van der Waals surface area contributed by atoms with Gasteiger partial charge in [-0.25, -0.2) is 9.78 Å². The number of aromatic carboxylic acids is 1. The summed E-state index contributed by atoms with van der Waals surface area (Å²) in [5, 5.41) is 9.01. The van der Waals surface area contributed by atoms with Crippen molar-refractivity contribution in [2.45, 2.75) is 19.4 Å². The average Bonchev–Trinajstić information content (AvgIpc) is 2.36. The second-order valence-corrected chi connectivity index (χ2v) is 5.15. The van der Waals surface area contributed by atoms with Gasteiger partial charge >= 0.3 is 5.97 Å². The highest BCUT2D eigenvalue weighted by atomic mass is 16.4. The normalized spacial score (nSPS) is 18.6. The number of likely N-dealkylation sites (N-methyl/N-ethyl adjacent to an activating group) is 1. The smallest absolute Gasteiger partial charge is 0.335 e. The molecule has 0 unspecified atom stereocenters. The van der Waals surface area contributed by atoms with Crippen molar-refractivity contribution in [3.8, 4) is 0 Å². The van der Waals surface area contributed by atoms with Crippen LogP contribution in [0.3, 0.4) is 0 Å². The summed E-state index contributed by atoms with van der Waals surface area (Å²) in [5.74, 6) is -0.477. The van der Waals surface area contributed by atoms with Gasteiger partial charge in [-0.3, -0.25) is 4.79 Å². The molecule has 0 radical (unpaired) electrons. The molecule has 0 saturated carbocycles. The van der Waals surface area contributed by atoms with Crippen LogP contribution in [0.15, 0.2) is 18.3 Å². The van der Waals surface area contributed by atoms with Gasteiger partial charge in [0, 0.05) is 26.3 Å². The molecule has 0 spiro atoms. The topological polar surface area (TPSA) is 73.7 Å². The third kappa shape index (κ3) is 2.25. The summed E-state index contributed by atoms with van der Waals surface area (Å²) in [4.78, 5) is 30.9. The highest BCUT2D eigenvalue weighted by Crippen LogP contribution is 2.27. The van der Waals surface area contributed by atoms with E-state index >= 15 is 0 Å². The van der Waals surface area contributed by atoms with Gasteiger partial charge in [0.15, 0.2) is 0 Å². The Kier molecular flexibility index (Phi) is 3.18. The standard InChI is InChI=1S/C13H17N3O3/c1-13(2)12(19)15(3)6-7-16(13)10-8-9(11(17)18)4-5-14-10/h4-5,8H,6-7H2,1-3H3,(H,17,18). The van der Waals surface area contributed by atoms with E-state index in [-0.39, 0.29) is 11.5 Å². The number of pyridine rings is 1. The van der Waals surface area contributed by atoms with E-state index in [1.807, 2.05) is 18.7 Å². The Morgan fingerprint density at radius 1 is 1.42 bits per heavy atom. The average molecular weight is 263 g/mol. The maximum atomic E-state index is 12.2. The predicted octanol–water partition coefficient (Wildman–Crippen LogP) is 0.837. The highest BCUT2D eigenvalue weighted by molar-refractivity contribution is 5.91. The van der Waals surface area contributed by atoms with Gasteiger partial charge in [-0.2, -0.15) is 0 Å². The Labute approximate surface area is 111 Å². The van der Waals surface area contributed by atoms with Crippen LogP contribution in [0.25, 0.3) is 0 Å². The van der Waals surface area contributed by atoms with E-state index in [4.69, 9.17) is 5.11 Å². The monoisotopic (exact) mass is 263 g/mol. The van der Waals surface area contributed by atoms with Gasteiger partial charge in [-0.05, 0) is 26.0 Å². The van der Waals surface area contributed by atoms with E-state index in [9.17, 15) is 9.59 Å². The van der Waals surface area contributed by atoms with Crippen molar-refractivity contribution in [3.05, 3.63) is 23.9 Å². The fourth-order valence-electron chi connectivity index (χ4n) is 2.31. The van der Waals surface area contributed by atoms with Gasteiger partial charge in [0.05, 0.1) is 5.56 Å². The van der Waals surface area contributed by atoms with Gasteiger partial charge in [0.1, 0.15) is 11.4 Å². The zero-order valence-electron chi connectivity index (χ0n) is 11.3. The summed E-state index contributed by atoms with van der Waals surface area (Å²) >= 11 is 0. The van der Waals surface area contributed by atoms with Crippen molar-refractivity contribution in [2.75, 3.05) is 25.0 Å². The van der Waals surface area contributed by atoms with E-state index in [2.05, 4.69) is 4.98 Å². The van der Waals surface area contributed by atoms with Crippen LogP contribution in [0.1, 0.15) is 24.2 Å². The molecule has 1 amide bonds. The third-order valence-corrected chi connectivity index (χ3v) is 3.47. The number of piperazine rings is 1. The number of hydrogen-bond acceptors (Lipinski definition) is 4. The minimum atomic E-state index is -0.998. The first-order valence-electron chi connectivity index (χ1n) is 6.06. The zero-order valence-corrected chi connectivity index (χ0v) is 11.3. The molecule has 19 heavy (non-hydrogen) atoms. The Morgan fingerprint density at radius 2 is 2.11 bits per heavy atom. The SMILES string of the molecule is CN1CCN(c2cc(C(=O)O)ccn2)C(C)(C)C1=O. The van der Waals surface area contributed by atoms with Crippen LogP contribution in [0.4, 0.5) is 5.82 Å². The Balaban J connectivity index is 2.38. The minimum absolute atomic E-state index is 0.00118. The molecule has 6 heteroatoms. The summed E-state index contributed by atoms with van der Waals surface area (Å²) in [6.07, 6.45) is 1.46. The summed E-state index contributed by atoms with van der Waals surface area (Å²) in [6, 6.07) is 2.94. The predicted molar refractivity (Wildman–Crippen MR) is 70.3 cm³/mol. The highest BCUT2D eigenvalue weighted by Gasteiger charge is 2.41. The Bertz CT molecular complexity index is 528.